The summed E-state index contributed by atoms with van der Waals surface area (Å²) in [5.41, 5.74) is 4.70. The Morgan fingerprint density at radius 1 is 1.08 bits per heavy atom. The maximum Gasteiger partial charge on any atom is 0.262 e. The molecular weight excluding hydrogens is 546 g/mol. The van der Waals surface area contributed by atoms with Crippen LogP contribution in [0, 0.1) is 12.8 Å². The van der Waals surface area contributed by atoms with Gasteiger partial charge < -0.3 is 20.3 Å². The van der Waals surface area contributed by atoms with Crippen LogP contribution in [0.25, 0.3) is 0 Å². The zero-order valence-electron chi connectivity index (χ0n) is 21.6. The largest absolute Gasteiger partial charge is 0.484 e. The van der Waals surface area contributed by atoms with E-state index >= 15 is 0 Å². The highest BCUT2D eigenvalue weighted by Crippen LogP contribution is 2.28. The molecule has 8 heteroatoms. The standard InChI is InChI=1S/C30H32BrN3O4/c1-3-22-16-24(31)15-20(2)29(22)33-27(35)19-38-26-11-9-25(10-12-26)34-18-23(17-28(34)36)30(37)32-14-13-21-7-5-4-6-8-21/h4-12,15-16,23H,3,13-14,17-19H2,1-2H3,(H,32,37)(H,33,35)/t23-/m0/s1. The predicted molar refractivity (Wildman–Crippen MR) is 152 cm³/mol. The van der Waals surface area contributed by atoms with Gasteiger partial charge in [-0.25, -0.2) is 0 Å². The fourth-order valence-corrected chi connectivity index (χ4v) is 5.19. The zero-order chi connectivity index (χ0) is 27.1. The van der Waals surface area contributed by atoms with Crippen molar-refractivity contribution in [1.29, 1.82) is 0 Å². The first-order chi connectivity index (χ1) is 18.3. The lowest BCUT2D eigenvalue weighted by Gasteiger charge is -2.17. The van der Waals surface area contributed by atoms with Gasteiger partial charge in [-0.15, -0.1) is 0 Å². The quantitative estimate of drug-likeness (QED) is 0.353. The van der Waals surface area contributed by atoms with Crippen LogP contribution in [0.15, 0.2) is 71.2 Å². The smallest absolute Gasteiger partial charge is 0.262 e. The molecule has 1 heterocycles. The van der Waals surface area contributed by atoms with E-state index in [1.807, 2.05) is 56.3 Å². The predicted octanol–water partition coefficient (Wildman–Crippen LogP) is 5.05. The molecule has 1 aliphatic rings. The molecule has 0 aliphatic carbocycles. The summed E-state index contributed by atoms with van der Waals surface area (Å²) in [7, 11) is 0. The zero-order valence-corrected chi connectivity index (χ0v) is 23.2. The number of halogens is 1. The summed E-state index contributed by atoms with van der Waals surface area (Å²) in [5.74, 6) is -0.292. The number of hydrogen-bond acceptors (Lipinski definition) is 4. The van der Waals surface area contributed by atoms with Gasteiger partial charge in [0.2, 0.25) is 11.8 Å². The van der Waals surface area contributed by atoms with Gasteiger partial charge in [-0.05, 0) is 72.9 Å². The molecule has 0 unspecified atom stereocenters. The summed E-state index contributed by atoms with van der Waals surface area (Å²) in [6.07, 6.45) is 1.73. The van der Waals surface area contributed by atoms with Gasteiger partial charge in [0, 0.05) is 35.4 Å². The maximum atomic E-state index is 12.6. The molecule has 3 amide bonds. The summed E-state index contributed by atoms with van der Waals surface area (Å²) in [6.45, 7) is 4.74. The summed E-state index contributed by atoms with van der Waals surface area (Å²) >= 11 is 3.50. The van der Waals surface area contributed by atoms with Crippen LogP contribution in [0.2, 0.25) is 0 Å². The van der Waals surface area contributed by atoms with E-state index in [9.17, 15) is 14.4 Å². The Labute approximate surface area is 231 Å². The van der Waals surface area contributed by atoms with E-state index < -0.39 is 0 Å². The van der Waals surface area contributed by atoms with Crippen LogP contribution in [0.3, 0.4) is 0 Å². The van der Waals surface area contributed by atoms with Gasteiger partial charge in [-0.1, -0.05) is 53.2 Å². The molecule has 0 radical (unpaired) electrons. The van der Waals surface area contributed by atoms with Crippen molar-refractivity contribution in [3.05, 3.63) is 87.9 Å². The first-order valence-electron chi connectivity index (χ1n) is 12.8. The number of amides is 3. The van der Waals surface area contributed by atoms with Crippen LogP contribution < -0.4 is 20.3 Å². The highest BCUT2D eigenvalue weighted by molar-refractivity contribution is 9.10. The number of anilines is 2. The van der Waals surface area contributed by atoms with Crippen molar-refractivity contribution in [3.8, 4) is 5.75 Å². The number of ether oxygens (including phenoxy) is 1. The van der Waals surface area contributed by atoms with Crippen molar-refractivity contribution in [2.75, 3.05) is 29.9 Å². The van der Waals surface area contributed by atoms with Crippen molar-refractivity contribution in [3.63, 3.8) is 0 Å². The van der Waals surface area contributed by atoms with E-state index in [1.165, 1.54) is 0 Å². The third kappa shape index (κ3) is 7.01. The summed E-state index contributed by atoms with van der Waals surface area (Å²) in [6, 6.07) is 20.9. The Morgan fingerprint density at radius 2 is 1.82 bits per heavy atom. The van der Waals surface area contributed by atoms with Gasteiger partial charge in [-0.2, -0.15) is 0 Å². The molecule has 0 saturated carbocycles. The normalized spacial score (nSPS) is 14.9. The summed E-state index contributed by atoms with van der Waals surface area (Å²) in [4.78, 5) is 39.4. The molecule has 38 heavy (non-hydrogen) atoms. The molecule has 0 aromatic heterocycles. The number of nitrogens with one attached hydrogen (secondary N) is 2. The number of rotatable bonds is 10. The molecule has 2 N–H and O–H groups in total. The molecular formula is C30H32BrN3O4. The molecule has 1 atom stereocenters. The van der Waals surface area contributed by atoms with Gasteiger partial charge in [0.15, 0.2) is 6.61 Å². The molecule has 0 bridgehead atoms. The van der Waals surface area contributed by atoms with Crippen LogP contribution in [-0.4, -0.2) is 37.4 Å². The van der Waals surface area contributed by atoms with Crippen LogP contribution >= 0.6 is 15.9 Å². The van der Waals surface area contributed by atoms with Crippen LogP contribution in [0.5, 0.6) is 5.75 Å². The van der Waals surface area contributed by atoms with E-state index in [4.69, 9.17) is 4.74 Å². The molecule has 3 aromatic carbocycles. The number of aryl methyl sites for hydroxylation is 2. The third-order valence-corrected chi connectivity index (χ3v) is 7.06. The second-order valence-corrected chi connectivity index (χ2v) is 10.3. The SMILES string of the molecule is CCc1cc(Br)cc(C)c1NC(=O)COc1ccc(N2C[C@@H](C(=O)NCCc3ccccc3)CC2=O)cc1. The average molecular weight is 579 g/mol. The lowest BCUT2D eigenvalue weighted by molar-refractivity contribution is -0.126. The van der Waals surface area contributed by atoms with E-state index in [0.717, 1.165) is 39.7 Å². The second kappa shape index (κ2) is 12.7. The van der Waals surface area contributed by atoms with E-state index in [2.05, 4.69) is 26.6 Å². The van der Waals surface area contributed by atoms with Crippen molar-refractivity contribution < 1.29 is 19.1 Å². The van der Waals surface area contributed by atoms with Crippen molar-refractivity contribution >= 4 is 45.0 Å². The molecule has 3 aromatic rings. The Hall–Kier alpha value is -3.65. The lowest BCUT2D eigenvalue weighted by Crippen LogP contribution is -2.34. The number of carbonyl (C=O) groups excluding carboxylic acids is 3. The monoisotopic (exact) mass is 577 g/mol. The lowest BCUT2D eigenvalue weighted by atomic mass is 10.1. The minimum absolute atomic E-state index is 0.0853. The maximum absolute atomic E-state index is 12.6. The van der Waals surface area contributed by atoms with E-state index in [0.29, 0.717) is 24.5 Å². The Kier molecular flexibility index (Phi) is 9.18. The highest BCUT2D eigenvalue weighted by Gasteiger charge is 2.35. The Bertz CT molecular complexity index is 1290. The van der Waals surface area contributed by atoms with Crippen LogP contribution in [0.4, 0.5) is 11.4 Å². The third-order valence-electron chi connectivity index (χ3n) is 6.60. The fraction of sp³-hybridized carbons (Fsp3) is 0.300. The van der Waals surface area contributed by atoms with Gasteiger partial charge in [0.25, 0.3) is 5.91 Å². The van der Waals surface area contributed by atoms with Gasteiger partial charge >= 0.3 is 0 Å². The summed E-state index contributed by atoms with van der Waals surface area (Å²) in [5, 5.41) is 5.91. The van der Waals surface area contributed by atoms with Crippen LogP contribution in [-0.2, 0) is 27.2 Å². The highest BCUT2D eigenvalue weighted by atomic mass is 79.9. The van der Waals surface area contributed by atoms with E-state index in [1.54, 1.807) is 29.2 Å². The molecule has 0 spiro atoms. The molecule has 198 valence electrons. The Balaban J connectivity index is 1.26. The van der Waals surface area contributed by atoms with Gasteiger partial charge in [-0.3, -0.25) is 14.4 Å². The van der Waals surface area contributed by atoms with Crippen molar-refractivity contribution in [2.45, 2.75) is 33.1 Å². The Morgan fingerprint density at radius 3 is 2.53 bits per heavy atom. The first kappa shape index (κ1) is 27.4. The van der Waals surface area contributed by atoms with Gasteiger partial charge in [0.05, 0.1) is 5.92 Å². The van der Waals surface area contributed by atoms with Gasteiger partial charge in [0.1, 0.15) is 5.75 Å². The molecule has 7 nitrogen and oxygen atoms in total. The van der Waals surface area contributed by atoms with Crippen LogP contribution in [0.1, 0.15) is 30.0 Å². The number of nitrogens with zero attached hydrogens (tertiary/aromatic N) is 1. The molecule has 1 aliphatic heterocycles. The first-order valence-corrected chi connectivity index (χ1v) is 13.6. The summed E-state index contributed by atoms with van der Waals surface area (Å²) < 4.78 is 6.65. The molecule has 1 saturated heterocycles. The second-order valence-electron chi connectivity index (χ2n) is 9.37. The minimum atomic E-state index is -0.382. The number of carbonyl (C=O) groups is 3. The minimum Gasteiger partial charge on any atom is -0.484 e. The molecule has 4 rings (SSSR count). The van der Waals surface area contributed by atoms with E-state index in [-0.39, 0.29) is 36.7 Å². The van der Waals surface area contributed by atoms with Crippen molar-refractivity contribution in [2.24, 2.45) is 5.92 Å². The topological polar surface area (TPSA) is 87.7 Å². The number of hydrogen-bond donors (Lipinski definition) is 2. The number of benzene rings is 3. The molecule has 1 fully saturated rings. The van der Waals surface area contributed by atoms with Crippen molar-refractivity contribution in [1.82, 2.24) is 5.32 Å². The average Bonchev–Trinajstić information content (AvgIpc) is 3.31. The fourth-order valence-electron chi connectivity index (χ4n) is 4.57.